The van der Waals surface area contributed by atoms with Gasteiger partial charge in [0.05, 0.1) is 0 Å². The molecule has 0 aromatic heterocycles. The molecule has 3 aliphatic rings. The van der Waals surface area contributed by atoms with Crippen LogP contribution in [0.4, 0.5) is 0 Å². The number of fused-ring (bicyclic) bond motifs is 6. The second-order valence-corrected chi connectivity index (χ2v) is 20.9. The SMILES string of the molecule is CCC[CH2][Zr]1([CH2]CCC)[CH]2C(=Cc3ccccc32)CCC2=Cc3ccccc3[CH]21. The molecule has 0 N–H and O–H groups in total. The van der Waals surface area contributed by atoms with Gasteiger partial charge < -0.3 is 0 Å². The van der Waals surface area contributed by atoms with Gasteiger partial charge in [-0.15, -0.1) is 0 Å². The van der Waals surface area contributed by atoms with Crippen molar-refractivity contribution in [2.75, 3.05) is 0 Å². The van der Waals surface area contributed by atoms with Gasteiger partial charge >= 0.3 is 182 Å². The molecule has 0 spiro atoms. The Balaban J connectivity index is 1.73. The Morgan fingerprint density at radius 1 is 0.690 bits per heavy atom. The van der Waals surface area contributed by atoms with E-state index in [1.807, 2.05) is 11.1 Å². The Kier molecular flexibility index (Phi) is 5.55. The fourth-order valence-electron chi connectivity index (χ4n) is 6.74. The van der Waals surface area contributed by atoms with E-state index in [4.69, 9.17) is 0 Å². The minimum atomic E-state index is -2.69. The summed E-state index contributed by atoms with van der Waals surface area (Å²) in [6, 6.07) is 18.8. The maximum absolute atomic E-state index is 2.69. The first kappa shape index (κ1) is 19.7. The van der Waals surface area contributed by atoms with Crippen molar-refractivity contribution in [3.05, 3.63) is 81.9 Å². The molecule has 1 fully saturated rings. The Bertz CT molecular complexity index is 884. The first-order chi connectivity index (χ1) is 14.3. The first-order valence-corrected chi connectivity index (χ1v) is 18.2. The zero-order valence-electron chi connectivity index (χ0n) is 18.1. The standard InChI is InChI=1S/C20H16.2C4H9.Zr/c1-2-6-18-12-15(11-17(18)5-1)9-10-16-13-19-7-3-4-8-20(19)14-16;2*1-3-4-2;/h1-8,11-14H,9-10H2;2*1,3-4H2,2H3;. The van der Waals surface area contributed by atoms with Crippen LogP contribution in [-0.4, -0.2) is 0 Å². The molecule has 2 aromatic rings. The number of benzene rings is 2. The van der Waals surface area contributed by atoms with Gasteiger partial charge in [-0.25, -0.2) is 0 Å². The molecule has 0 saturated carbocycles. The number of hydrogen-bond donors (Lipinski definition) is 0. The van der Waals surface area contributed by atoms with Crippen molar-refractivity contribution < 1.29 is 20.3 Å². The summed E-state index contributed by atoms with van der Waals surface area (Å²) in [5.74, 6) is 0. The van der Waals surface area contributed by atoms with Gasteiger partial charge in [0.15, 0.2) is 0 Å². The molecule has 2 atom stereocenters. The van der Waals surface area contributed by atoms with Crippen molar-refractivity contribution in [2.24, 2.45) is 0 Å². The predicted octanol–water partition coefficient (Wildman–Crippen LogP) is 8.65. The van der Waals surface area contributed by atoms with E-state index in [0.717, 1.165) is 7.25 Å². The van der Waals surface area contributed by atoms with Crippen molar-refractivity contribution in [1.82, 2.24) is 0 Å². The van der Waals surface area contributed by atoms with Crippen LogP contribution < -0.4 is 0 Å². The van der Waals surface area contributed by atoms with Crippen LogP contribution in [0.3, 0.4) is 0 Å². The third-order valence-electron chi connectivity index (χ3n) is 7.88. The normalized spacial score (nSPS) is 23.4. The molecule has 2 aromatic carbocycles. The van der Waals surface area contributed by atoms with E-state index in [9.17, 15) is 0 Å². The van der Waals surface area contributed by atoms with Gasteiger partial charge in [0.25, 0.3) is 0 Å². The van der Waals surface area contributed by atoms with Crippen LogP contribution in [0, 0.1) is 0 Å². The Morgan fingerprint density at radius 2 is 1.14 bits per heavy atom. The van der Waals surface area contributed by atoms with Crippen LogP contribution in [0.25, 0.3) is 12.2 Å². The third-order valence-corrected chi connectivity index (χ3v) is 23.2. The summed E-state index contributed by atoms with van der Waals surface area (Å²) in [6.45, 7) is 4.80. The van der Waals surface area contributed by atoms with Crippen LogP contribution in [-0.2, 0) is 20.3 Å². The van der Waals surface area contributed by atoms with Crippen LogP contribution in [0.5, 0.6) is 0 Å². The molecule has 1 heteroatoms. The Hall–Kier alpha value is -1.20. The summed E-state index contributed by atoms with van der Waals surface area (Å²) < 4.78 is 4.72. The molecule has 5 rings (SSSR count). The molecule has 0 amide bonds. The second-order valence-electron chi connectivity index (χ2n) is 9.50. The number of unbranched alkanes of at least 4 members (excludes halogenated alkanes) is 2. The fraction of sp³-hybridized carbons (Fsp3) is 0.429. The first-order valence-electron chi connectivity index (χ1n) is 11.9. The van der Waals surface area contributed by atoms with Crippen LogP contribution >= 0.6 is 0 Å². The van der Waals surface area contributed by atoms with Crippen LogP contribution in [0.2, 0.25) is 8.26 Å². The molecular formula is C28H34Zr. The topological polar surface area (TPSA) is 0 Å². The van der Waals surface area contributed by atoms with Gasteiger partial charge in [0, 0.05) is 0 Å². The third kappa shape index (κ3) is 3.20. The van der Waals surface area contributed by atoms with Crippen molar-refractivity contribution in [3.8, 4) is 0 Å². The molecule has 2 aliphatic carbocycles. The summed E-state index contributed by atoms with van der Waals surface area (Å²) >= 11 is -2.69. The predicted molar refractivity (Wildman–Crippen MR) is 123 cm³/mol. The van der Waals surface area contributed by atoms with Gasteiger partial charge in [0.1, 0.15) is 0 Å². The molecular weight excluding hydrogens is 428 g/mol. The van der Waals surface area contributed by atoms with E-state index in [1.165, 1.54) is 38.5 Å². The van der Waals surface area contributed by atoms with E-state index in [1.54, 1.807) is 30.5 Å². The average Bonchev–Trinajstić information content (AvgIpc) is 3.28. The van der Waals surface area contributed by atoms with Crippen LogP contribution in [0.15, 0.2) is 59.7 Å². The molecule has 150 valence electrons. The molecule has 1 aliphatic heterocycles. The molecule has 1 heterocycles. The maximum atomic E-state index is 2.61. The Labute approximate surface area is 181 Å². The summed E-state index contributed by atoms with van der Waals surface area (Å²) in [4.78, 5) is 0. The summed E-state index contributed by atoms with van der Waals surface area (Å²) in [5.41, 5.74) is 10.1. The van der Waals surface area contributed by atoms with Gasteiger partial charge in [-0.1, -0.05) is 0 Å². The van der Waals surface area contributed by atoms with Crippen molar-refractivity contribution >= 4 is 12.2 Å². The zero-order chi connectivity index (χ0) is 19.8. The monoisotopic (exact) mass is 460 g/mol. The van der Waals surface area contributed by atoms with Gasteiger partial charge in [-0.3, -0.25) is 0 Å². The fourth-order valence-corrected chi connectivity index (χ4v) is 25.1. The van der Waals surface area contributed by atoms with Crippen molar-refractivity contribution in [2.45, 2.75) is 67.9 Å². The van der Waals surface area contributed by atoms with Gasteiger partial charge in [-0.2, -0.15) is 0 Å². The minimum absolute atomic E-state index is 0.806. The molecule has 1 saturated heterocycles. The van der Waals surface area contributed by atoms with E-state index < -0.39 is 20.3 Å². The second kappa shape index (κ2) is 8.15. The van der Waals surface area contributed by atoms with E-state index in [0.29, 0.717) is 0 Å². The zero-order valence-corrected chi connectivity index (χ0v) is 20.5. The van der Waals surface area contributed by atoms with Gasteiger partial charge in [0.2, 0.25) is 0 Å². The average molecular weight is 462 g/mol. The van der Waals surface area contributed by atoms with E-state index in [-0.39, 0.29) is 0 Å². The summed E-state index contributed by atoms with van der Waals surface area (Å²) in [6.07, 6.45) is 13.3. The van der Waals surface area contributed by atoms with E-state index in [2.05, 4.69) is 74.5 Å². The summed E-state index contributed by atoms with van der Waals surface area (Å²) in [5, 5.41) is 0. The molecule has 0 nitrogen and oxygen atoms in total. The number of hydrogen-bond acceptors (Lipinski definition) is 0. The van der Waals surface area contributed by atoms with Crippen molar-refractivity contribution in [1.29, 1.82) is 0 Å². The summed E-state index contributed by atoms with van der Waals surface area (Å²) in [7, 11) is 0. The van der Waals surface area contributed by atoms with Gasteiger partial charge in [-0.05, 0) is 0 Å². The molecule has 0 bridgehead atoms. The Morgan fingerprint density at radius 3 is 1.59 bits per heavy atom. The van der Waals surface area contributed by atoms with Crippen LogP contribution in [0.1, 0.15) is 81.9 Å². The molecule has 0 radical (unpaired) electrons. The van der Waals surface area contributed by atoms with Crippen molar-refractivity contribution in [3.63, 3.8) is 0 Å². The molecule has 29 heavy (non-hydrogen) atoms. The quantitative estimate of drug-likeness (QED) is 0.404. The number of allylic oxidation sites excluding steroid dienone is 2. The number of rotatable bonds is 6. The molecule has 2 unspecified atom stereocenters. The van der Waals surface area contributed by atoms with E-state index >= 15 is 0 Å².